The lowest BCUT2D eigenvalue weighted by molar-refractivity contribution is 0.275. The van der Waals surface area contributed by atoms with Gasteiger partial charge in [-0.15, -0.1) is 11.6 Å². The van der Waals surface area contributed by atoms with E-state index in [0.717, 1.165) is 12.0 Å². The number of hydrogen-bond donors (Lipinski definition) is 1. The summed E-state index contributed by atoms with van der Waals surface area (Å²) in [5.41, 5.74) is 0. The molecule has 0 aliphatic heterocycles. The first-order chi connectivity index (χ1) is 6.34. The number of hydrogen-bond acceptors (Lipinski definition) is 1. The van der Waals surface area contributed by atoms with Crippen molar-refractivity contribution in [2.45, 2.75) is 56.4 Å². The molecule has 2 aliphatic rings. The molecule has 2 fully saturated rings. The Balaban J connectivity index is 1.56. The zero-order chi connectivity index (χ0) is 9.10. The molecule has 0 bridgehead atoms. The molecule has 2 heteroatoms. The molecule has 0 radical (unpaired) electrons. The van der Waals surface area contributed by atoms with E-state index in [-0.39, 0.29) is 0 Å². The van der Waals surface area contributed by atoms with Gasteiger partial charge in [0, 0.05) is 11.4 Å². The molecule has 2 saturated carbocycles. The largest absolute Gasteiger partial charge is 0.314 e. The normalized spacial score (nSPS) is 35.8. The van der Waals surface area contributed by atoms with Crippen molar-refractivity contribution < 1.29 is 0 Å². The molecule has 0 atom stereocenters. The molecule has 0 spiro atoms. The topological polar surface area (TPSA) is 12.0 Å². The number of nitrogens with one attached hydrogen (secondary N) is 1. The van der Waals surface area contributed by atoms with Gasteiger partial charge in [-0.25, -0.2) is 0 Å². The van der Waals surface area contributed by atoms with Gasteiger partial charge in [0.15, 0.2) is 0 Å². The summed E-state index contributed by atoms with van der Waals surface area (Å²) in [4.78, 5) is 0. The molecule has 2 aliphatic carbocycles. The molecule has 0 amide bonds. The lowest BCUT2D eigenvalue weighted by Gasteiger charge is -2.33. The van der Waals surface area contributed by atoms with Gasteiger partial charge >= 0.3 is 0 Å². The molecule has 1 N–H and O–H groups in total. The van der Waals surface area contributed by atoms with Crippen molar-refractivity contribution >= 4 is 11.6 Å². The van der Waals surface area contributed by atoms with Gasteiger partial charge in [-0.1, -0.05) is 19.3 Å². The van der Waals surface area contributed by atoms with Crippen molar-refractivity contribution in [1.82, 2.24) is 5.32 Å². The Labute approximate surface area is 86.2 Å². The molecular weight excluding hydrogens is 182 g/mol. The summed E-state index contributed by atoms with van der Waals surface area (Å²) >= 11 is 5.94. The van der Waals surface area contributed by atoms with Gasteiger partial charge < -0.3 is 5.32 Å². The highest BCUT2D eigenvalue weighted by Crippen LogP contribution is 2.31. The van der Waals surface area contributed by atoms with E-state index in [9.17, 15) is 0 Å². The van der Waals surface area contributed by atoms with Gasteiger partial charge in [-0.05, 0) is 38.1 Å². The second-order valence-electron chi connectivity index (χ2n) is 4.68. The van der Waals surface area contributed by atoms with E-state index in [1.165, 1.54) is 51.5 Å². The molecule has 0 aromatic carbocycles. The second-order valence-corrected chi connectivity index (χ2v) is 5.30. The molecule has 76 valence electrons. The average Bonchev–Trinajstić information content (AvgIpc) is 2.12. The first-order valence-electron chi connectivity index (χ1n) is 5.72. The van der Waals surface area contributed by atoms with Crippen LogP contribution in [0, 0.1) is 5.92 Å². The third-order valence-electron chi connectivity index (χ3n) is 3.48. The number of rotatable bonds is 3. The highest BCUT2D eigenvalue weighted by Gasteiger charge is 2.27. The van der Waals surface area contributed by atoms with Crippen molar-refractivity contribution in [2.24, 2.45) is 5.92 Å². The van der Waals surface area contributed by atoms with E-state index in [4.69, 9.17) is 11.6 Å². The standard InChI is InChI=1S/C11H20ClN/c12-10-6-9(7-10)8-13-11-4-2-1-3-5-11/h9-11,13H,1-8H2. The minimum atomic E-state index is 0.484. The van der Waals surface area contributed by atoms with E-state index < -0.39 is 0 Å². The van der Waals surface area contributed by atoms with Crippen LogP contribution in [0.2, 0.25) is 0 Å². The summed E-state index contributed by atoms with van der Waals surface area (Å²) in [6, 6.07) is 0.822. The Kier molecular flexibility index (Phi) is 3.51. The van der Waals surface area contributed by atoms with E-state index >= 15 is 0 Å². The van der Waals surface area contributed by atoms with Crippen LogP contribution in [0.15, 0.2) is 0 Å². The highest BCUT2D eigenvalue weighted by atomic mass is 35.5. The van der Waals surface area contributed by atoms with Gasteiger partial charge in [0.25, 0.3) is 0 Å². The van der Waals surface area contributed by atoms with Gasteiger partial charge in [-0.3, -0.25) is 0 Å². The highest BCUT2D eigenvalue weighted by molar-refractivity contribution is 6.21. The van der Waals surface area contributed by atoms with Crippen LogP contribution in [0.3, 0.4) is 0 Å². The van der Waals surface area contributed by atoms with Crippen LogP contribution in [0.5, 0.6) is 0 Å². The van der Waals surface area contributed by atoms with Crippen molar-refractivity contribution in [2.75, 3.05) is 6.54 Å². The van der Waals surface area contributed by atoms with Crippen molar-refractivity contribution in [3.8, 4) is 0 Å². The monoisotopic (exact) mass is 201 g/mol. The van der Waals surface area contributed by atoms with Gasteiger partial charge in [0.05, 0.1) is 0 Å². The molecule has 0 heterocycles. The molecule has 1 nitrogen and oxygen atoms in total. The summed E-state index contributed by atoms with van der Waals surface area (Å²) < 4.78 is 0. The van der Waals surface area contributed by atoms with Crippen molar-refractivity contribution in [1.29, 1.82) is 0 Å². The number of alkyl halides is 1. The predicted octanol–water partition coefficient (Wildman–Crippen LogP) is 2.93. The van der Waals surface area contributed by atoms with Gasteiger partial charge in [-0.2, -0.15) is 0 Å². The van der Waals surface area contributed by atoms with E-state index in [1.54, 1.807) is 0 Å². The SMILES string of the molecule is ClC1CC(CNC2CCCCC2)C1. The molecule has 2 rings (SSSR count). The minimum absolute atomic E-state index is 0.484. The summed E-state index contributed by atoms with van der Waals surface area (Å²) in [5, 5.41) is 4.17. The van der Waals surface area contributed by atoms with E-state index in [1.807, 2.05) is 0 Å². The third kappa shape index (κ3) is 2.85. The minimum Gasteiger partial charge on any atom is -0.314 e. The van der Waals surface area contributed by atoms with Crippen molar-refractivity contribution in [3.05, 3.63) is 0 Å². The maximum Gasteiger partial charge on any atom is 0.0342 e. The summed E-state index contributed by atoms with van der Waals surface area (Å²) in [5.74, 6) is 0.879. The smallest absolute Gasteiger partial charge is 0.0342 e. The van der Waals surface area contributed by atoms with Gasteiger partial charge in [0.2, 0.25) is 0 Å². The maximum atomic E-state index is 5.94. The fraction of sp³-hybridized carbons (Fsp3) is 1.00. The first kappa shape index (κ1) is 9.79. The molecule has 0 unspecified atom stereocenters. The van der Waals surface area contributed by atoms with Crippen LogP contribution in [-0.4, -0.2) is 18.0 Å². The third-order valence-corrected chi connectivity index (χ3v) is 3.83. The zero-order valence-electron chi connectivity index (χ0n) is 8.27. The van der Waals surface area contributed by atoms with Gasteiger partial charge in [0.1, 0.15) is 0 Å². The quantitative estimate of drug-likeness (QED) is 0.693. The Morgan fingerprint density at radius 1 is 1.08 bits per heavy atom. The Morgan fingerprint density at radius 2 is 1.77 bits per heavy atom. The predicted molar refractivity (Wildman–Crippen MR) is 57.2 cm³/mol. The fourth-order valence-corrected chi connectivity index (χ4v) is 2.97. The Hall–Kier alpha value is 0.250. The number of halogens is 1. The fourth-order valence-electron chi connectivity index (χ4n) is 2.46. The average molecular weight is 202 g/mol. The van der Waals surface area contributed by atoms with E-state index in [2.05, 4.69) is 5.32 Å². The van der Waals surface area contributed by atoms with Crippen molar-refractivity contribution in [3.63, 3.8) is 0 Å². The van der Waals surface area contributed by atoms with Crippen LogP contribution in [0.25, 0.3) is 0 Å². The van der Waals surface area contributed by atoms with Crippen LogP contribution < -0.4 is 5.32 Å². The Morgan fingerprint density at radius 3 is 2.38 bits per heavy atom. The van der Waals surface area contributed by atoms with Crippen LogP contribution in [0.1, 0.15) is 44.9 Å². The summed E-state index contributed by atoms with van der Waals surface area (Å²) in [7, 11) is 0. The molecule has 0 aromatic rings. The van der Waals surface area contributed by atoms with Crippen LogP contribution in [0.4, 0.5) is 0 Å². The summed E-state index contributed by atoms with van der Waals surface area (Å²) in [6.45, 7) is 1.22. The van der Waals surface area contributed by atoms with Crippen LogP contribution in [-0.2, 0) is 0 Å². The molecule has 0 saturated heterocycles. The Bertz CT molecular complexity index is 148. The molecular formula is C11H20ClN. The van der Waals surface area contributed by atoms with Crippen LogP contribution >= 0.6 is 11.6 Å². The summed E-state index contributed by atoms with van der Waals surface area (Å²) in [6.07, 6.45) is 9.59. The van der Waals surface area contributed by atoms with E-state index in [0.29, 0.717) is 5.38 Å². The molecule has 0 aromatic heterocycles. The lowest BCUT2D eigenvalue weighted by atomic mass is 9.84. The molecule has 13 heavy (non-hydrogen) atoms. The maximum absolute atomic E-state index is 5.94. The lowest BCUT2D eigenvalue weighted by Crippen LogP contribution is -2.39. The zero-order valence-corrected chi connectivity index (χ0v) is 9.02. The second kappa shape index (κ2) is 4.65. The first-order valence-corrected chi connectivity index (χ1v) is 6.15.